The Labute approximate surface area is 81.7 Å². The molecule has 0 amide bonds. The van der Waals surface area contributed by atoms with Crippen molar-refractivity contribution in [2.24, 2.45) is 0 Å². The van der Waals surface area contributed by atoms with E-state index >= 15 is 0 Å². The third-order valence-electron chi connectivity index (χ3n) is 1.73. The molecule has 1 atom stereocenters. The third-order valence-corrected chi connectivity index (χ3v) is 2.48. The van der Waals surface area contributed by atoms with E-state index in [-0.39, 0.29) is 0 Å². The van der Waals surface area contributed by atoms with Crippen LogP contribution in [0.3, 0.4) is 0 Å². The van der Waals surface area contributed by atoms with Gasteiger partial charge in [0.05, 0.1) is 18.6 Å². The molecule has 0 spiro atoms. The van der Waals surface area contributed by atoms with E-state index in [1.165, 1.54) is 0 Å². The van der Waals surface area contributed by atoms with Crippen LogP contribution >= 0.6 is 23.2 Å². The molecule has 1 aliphatic rings. The van der Waals surface area contributed by atoms with Gasteiger partial charge in [0.1, 0.15) is 5.76 Å². The van der Waals surface area contributed by atoms with Crippen molar-refractivity contribution in [3.63, 3.8) is 0 Å². The molecule has 0 aromatic heterocycles. The highest BCUT2D eigenvalue weighted by Crippen LogP contribution is 2.34. The molecule has 0 N–H and O–H groups in total. The van der Waals surface area contributed by atoms with Crippen LogP contribution in [0.2, 0.25) is 0 Å². The monoisotopic (exact) mass is 208 g/mol. The molecule has 1 rings (SSSR count). The van der Waals surface area contributed by atoms with Gasteiger partial charge in [0.15, 0.2) is 5.06 Å². The van der Waals surface area contributed by atoms with Crippen molar-refractivity contribution < 1.29 is 9.47 Å². The first-order valence-electron chi connectivity index (χ1n) is 3.47. The fourth-order valence-electron chi connectivity index (χ4n) is 0.963. The molecule has 4 heteroatoms. The number of halogens is 2. The number of methoxy groups -OCH3 is 2. The van der Waals surface area contributed by atoms with Crippen molar-refractivity contribution in [2.75, 3.05) is 14.2 Å². The van der Waals surface area contributed by atoms with Crippen LogP contribution in [0.15, 0.2) is 22.9 Å². The summed E-state index contributed by atoms with van der Waals surface area (Å²) in [5.41, 5.74) is 0. The molecule has 1 aliphatic carbocycles. The highest BCUT2D eigenvalue weighted by atomic mass is 35.5. The quantitative estimate of drug-likeness (QED) is 0.651. The van der Waals surface area contributed by atoms with Crippen molar-refractivity contribution in [3.05, 3.63) is 22.9 Å². The van der Waals surface area contributed by atoms with Gasteiger partial charge in [0, 0.05) is 7.11 Å². The van der Waals surface area contributed by atoms with Gasteiger partial charge < -0.3 is 9.47 Å². The SMILES string of the molecule is COC1=C(Cl)C=CC(Cl)(OC)C1. The van der Waals surface area contributed by atoms with Crippen molar-refractivity contribution in [3.8, 4) is 0 Å². The second kappa shape index (κ2) is 3.69. The zero-order valence-electron chi connectivity index (χ0n) is 6.93. The van der Waals surface area contributed by atoms with E-state index in [1.54, 1.807) is 26.4 Å². The predicted molar refractivity (Wildman–Crippen MR) is 49.2 cm³/mol. The van der Waals surface area contributed by atoms with E-state index in [9.17, 15) is 0 Å². The van der Waals surface area contributed by atoms with Crippen LogP contribution in [0.5, 0.6) is 0 Å². The normalized spacial score (nSPS) is 29.3. The number of rotatable bonds is 2. The Morgan fingerprint density at radius 2 is 2.17 bits per heavy atom. The topological polar surface area (TPSA) is 18.5 Å². The summed E-state index contributed by atoms with van der Waals surface area (Å²) in [5.74, 6) is 0.649. The lowest BCUT2D eigenvalue weighted by molar-refractivity contribution is 0.0872. The summed E-state index contributed by atoms with van der Waals surface area (Å²) < 4.78 is 10.1. The lowest BCUT2D eigenvalue weighted by atomic mass is 10.1. The Balaban J connectivity index is 2.83. The van der Waals surface area contributed by atoms with Crippen LogP contribution < -0.4 is 0 Å². The van der Waals surface area contributed by atoms with Crippen LogP contribution in [0.4, 0.5) is 0 Å². The summed E-state index contributed by atoms with van der Waals surface area (Å²) in [7, 11) is 3.10. The van der Waals surface area contributed by atoms with Gasteiger partial charge in [-0.1, -0.05) is 23.2 Å². The van der Waals surface area contributed by atoms with E-state index in [4.69, 9.17) is 32.7 Å². The lowest BCUT2D eigenvalue weighted by Crippen LogP contribution is -2.24. The zero-order chi connectivity index (χ0) is 9.19. The van der Waals surface area contributed by atoms with Crippen LogP contribution in [0.25, 0.3) is 0 Å². The molecule has 12 heavy (non-hydrogen) atoms. The first kappa shape index (κ1) is 9.90. The maximum absolute atomic E-state index is 6.02. The second-order valence-electron chi connectivity index (χ2n) is 2.48. The summed E-state index contributed by atoms with van der Waals surface area (Å²) in [6.07, 6.45) is 3.84. The second-order valence-corrected chi connectivity index (χ2v) is 3.52. The molecule has 0 radical (unpaired) electrons. The number of hydrogen-bond donors (Lipinski definition) is 0. The van der Waals surface area contributed by atoms with E-state index < -0.39 is 5.06 Å². The molecule has 0 fully saturated rings. The Morgan fingerprint density at radius 3 is 2.67 bits per heavy atom. The van der Waals surface area contributed by atoms with Gasteiger partial charge in [0.25, 0.3) is 0 Å². The molecule has 2 nitrogen and oxygen atoms in total. The lowest BCUT2D eigenvalue weighted by Gasteiger charge is -2.25. The van der Waals surface area contributed by atoms with E-state index in [0.717, 1.165) is 0 Å². The average Bonchev–Trinajstić information content (AvgIpc) is 2.10. The minimum Gasteiger partial charge on any atom is -0.499 e. The van der Waals surface area contributed by atoms with Gasteiger partial charge in [0.2, 0.25) is 0 Å². The number of ether oxygens (including phenoxy) is 2. The smallest absolute Gasteiger partial charge is 0.167 e. The van der Waals surface area contributed by atoms with Crippen molar-refractivity contribution in [1.29, 1.82) is 0 Å². The molecular formula is C8H10Cl2O2. The Morgan fingerprint density at radius 1 is 1.50 bits per heavy atom. The van der Waals surface area contributed by atoms with Crippen LogP contribution in [-0.2, 0) is 9.47 Å². The fraction of sp³-hybridized carbons (Fsp3) is 0.500. The molecule has 0 bridgehead atoms. The van der Waals surface area contributed by atoms with Crippen molar-refractivity contribution in [2.45, 2.75) is 11.5 Å². The molecule has 0 aromatic rings. The molecule has 0 heterocycles. The largest absolute Gasteiger partial charge is 0.499 e. The average molecular weight is 209 g/mol. The Hall–Kier alpha value is -0.180. The Bertz CT molecular complexity index is 235. The van der Waals surface area contributed by atoms with Crippen molar-refractivity contribution in [1.82, 2.24) is 0 Å². The maximum Gasteiger partial charge on any atom is 0.167 e. The highest BCUT2D eigenvalue weighted by Gasteiger charge is 2.29. The van der Waals surface area contributed by atoms with Gasteiger partial charge in [-0.15, -0.1) is 0 Å². The number of alkyl halides is 1. The Kier molecular flexibility index (Phi) is 3.04. The van der Waals surface area contributed by atoms with E-state index in [1.807, 2.05) is 0 Å². The summed E-state index contributed by atoms with van der Waals surface area (Å²) in [6, 6.07) is 0. The van der Waals surface area contributed by atoms with Crippen LogP contribution in [0, 0.1) is 0 Å². The molecule has 0 aromatic carbocycles. The van der Waals surface area contributed by atoms with E-state index in [2.05, 4.69) is 0 Å². The molecule has 0 aliphatic heterocycles. The first-order valence-corrected chi connectivity index (χ1v) is 4.23. The minimum absolute atomic E-state index is 0.455. The molecule has 68 valence electrons. The zero-order valence-corrected chi connectivity index (χ0v) is 8.45. The standard InChI is InChI=1S/C8H10Cl2O2/c1-11-7-5-8(10,12-2)4-3-6(7)9/h3-4H,5H2,1-2H3. The third kappa shape index (κ3) is 1.94. The van der Waals surface area contributed by atoms with Gasteiger partial charge in [-0.25, -0.2) is 0 Å². The predicted octanol–water partition coefficient (Wildman–Crippen LogP) is 2.62. The minimum atomic E-state index is -0.802. The summed E-state index contributed by atoms with van der Waals surface area (Å²) in [4.78, 5) is 0. The van der Waals surface area contributed by atoms with Gasteiger partial charge in [-0.05, 0) is 12.2 Å². The summed E-state index contributed by atoms with van der Waals surface area (Å²) in [6.45, 7) is 0. The summed E-state index contributed by atoms with van der Waals surface area (Å²) in [5, 5.41) is -0.227. The number of allylic oxidation sites excluding steroid dienone is 2. The fourth-order valence-corrected chi connectivity index (χ4v) is 1.35. The van der Waals surface area contributed by atoms with Crippen molar-refractivity contribution >= 4 is 23.2 Å². The maximum atomic E-state index is 6.02. The number of hydrogen-bond acceptors (Lipinski definition) is 2. The molecule has 1 unspecified atom stereocenters. The first-order chi connectivity index (χ1) is 5.61. The van der Waals surface area contributed by atoms with E-state index in [0.29, 0.717) is 17.2 Å². The molecule has 0 saturated heterocycles. The van der Waals surface area contributed by atoms with Crippen LogP contribution in [0.1, 0.15) is 6.42 Å². The molecular weight excluding hydrogens is 199 g/mol. The highest BCUT2D eigenvalue weighted by molar-refractivity contribution is 6.32. The van der Waals surface area contributed by atoms with Gasteiger partial charge in [-0.2, -0.15) is 0 Å². The van der Waals surface area contributed by atoms with Gasteiger partial charge in [-0.3, -0.25) is 0 Å². The van der Waals surface area contributed by atoms with Gasteiger partial charge >= 0.3 is 0 Å². The summed E-state index contributed by atoms with van der Waals surface area (Å²) >= 11 is 11.8. The molecule has 0 saturated carbocycles. The van der Waals surface area contributed by atoms with Crippen LogP contribution in [-0.4, -0.2) is 19.3 Å².